The summed E-state index contributed by atoms with van der Waals surface area (Å²) in [6, 6.07) is 4.79. The summed E-state index contributed by atoms with van der Waals surface area (Å²) in [4.78, 5) is 18.6. The van der Waals surface area contributed by atoms with Crippen molar-refractivity contribution in [3.8, 4) is 10.6 Å². The summed E-state index contributed by atoms with van der Waals surface area (Å²) in [6.07, 6.45) is -3.47. The van der Waals surface area contributed by atoms with Crippen LogP contribution in [-0.2, 0) is 10.9 Å². The number of amides is 1. The van der Waals surface area contributed by atoms with Gasteiger partial charge in [0.15, 0.2) is 0 Å². The van der Waals surface area contributed by atoms with E-state index in [1.807, 2.05) is 0 Å². The highest BCUT2D eigenvalue weighted by molar-refractivity contribution is 7.13. The molecule has 4 nitrogen and oxygen atoms in total. The van der Waals surface area contributed by atoms with E-state index in [-0.39, 0.29) is 5.91 Å². The maximum atomic E-state index is 12.6. The molecular formula is C17H17F3N2O2S. The molecule has 1 aliphatic rings. The standard InChI is InChI=1S/C17H17F3N2O2S/c1-24-9-11-6-7-22(8-11)16(23)14-10-25-15(21-14)12-2-4-13(5-3-12)17(18,19)20/h2-5,10-11H,6-9H2,1H3. The molecule has 1 atom stereocenters. The number of thiazole rings is 1. The number of carbonyl (C=O) groups excluding carboxylic acids is 1. The zero-order valence-electron chi connectivity index (χ0n) is 13.5. The van der Waals surface area contributed by atoms with Crippen LogP contribution in [0.5, 0.6) is 0 Å². The van der Waals surface area contributed by atoms with E-state index in [4.69, 9.17) is 4.74 Å². The first kappa shape index (κ1) is 17.9. The number of methoxy groups -OCH3 is 1. The van der Waals surface area contributed by atoms with Crippen LogP contribution >= 0.6 is 11.3 Å². The highest BCUT2D eigenvalue weighted by atomic mass is 32.1. The predicted octanol–water partition coefficient (Wildman–Crippen LogP) is 3.94. The Hall–Kier alpha value is -1.93. The number of hydrogen-bond acceptors (Lipinski definition) is 4. The predicted molar refractivity (Wildman–Crippen MR) is 88.4 cm³/mol. The van der Waals surface area contributed by atoms with Gasteiger partial charge in [0, 0.05) is 37.1 Å². The van der Waals surface area contributed by atoms with Crippen molar-refractivity contribution in [3.05, 3.63) is 40.9 Å². The molecule has 8 heteroatoms. The van der Waals surface area contributed by atoms with Crippen LogP contribution in [0, 0.1) is 5.92 Å². The van der Waals surface area contributed by atoms with E-state index in [1.165, 1.54) is 23.5 Å². The second-order valence-electron chi connectivity index (χ2n) is 5.97. The summed E-state index contributed by atoms with van der Waals surface area (Å²) >= 11 is 1.25. The van der Waals surface area contributed by atoms with Crippen LogP contribution in [0.1, 0.15) is 22.5 Å². The van der Waals surface area contributed by atoms with Gasteiger partial charge in [0.2, 0.25) is 0 Å². The van der Waals surface area contributed by atoms with Gasteiger partial charge in [-0.25, -0.2) is 4.98 Å². The molecule has 25 heavy (non-hydrogen) atoms. The molecule has 2 aromatic rings. The van der Waals surface area contributed by atoms with Crippen LogP contribution in [0.3, 0.4) is 0 Å². The van der Waals surface area contributed by atoms with Crippen molar-refractivity contribution < 1.29 is 22.7 Å². The number of rotatable bonds is 4. The molecule has 1 fully saturated rings. The molecule has 3 rings (SSSR count). The molecule has 1 saturated heterocycles. The first-order valence-electron chi connectivity index (χ1n) is 7.80. The lowest BCUT2D eigenvalue weighted by molar-refractivity contribution is -0.137. The molecule has 1 aromatic carbocycles. The molecule has 1 unspecified atom stereocenters. The number of aromatic nitrogens is 1. The fraction of sp³-hybridized carbons (Fsp3) is 0.412. The minimum absolute atomic E-state index is 0.145. The van der Waals surface area contributed by atoms with E-state index in [2.05, 4.69) is 4.98 Å². The van der Waals surface area contributed by atoms with Crippen molar-refractivity contribution in [1.29, 1.82) is 0 Å². The Labute approximate surface area is 147 Å². The summed E-state index contributed by atoms with van der Waals surface area (Å²) in [5.41, 5.74) is 0.194. The Balaban J connectivity index is 1.71. The van der Waals surface area contributed by atoms with Gasteiger partial charge in [0.1, 0.15) is 10.7 Å². The molecule has 2 heterocycles. The number of nitrogens with zero attached hydrogens (tertiary/aromatic N) is 2. The number of carbonyl (C=O) groups is 1. The molecule has 1 aromatic heterocycles. The third kappa shape index (κ3) is 4.01. The fourth-order valence-corrected chi connectivity index (χ4v) is 3.66. The van der Waals surface area contributed by atoms with Crippen LogP contribution in [0.4, 0.5) is 13.2 Å². The summed E-state index contributed by atoms with van der Waals surface area (Å²) in [6.45, 7) is 1.93. The van der Waals surface area contributed by atoms with E-state index < -0.39 is 11.7 Å². The second-order valence-corrected chi connectivity index (χ2v) is 6.83. The van der Waals surface area contributed by atoms with Crippen LogP contribution < -0.4 is 0 Å². The first-order valence-corrected chi connectivity index (χ1v) is 8.68. The topological polar surface area (TPSA) is 42.4 Å². The zero-order valence-corrected chi connectivity index (χ0v) is 14.4. The number of hydrogen-bond donors (Lipinski definition) is 0. The molecular weight excluding hydrogens is 353 g/mol. The van der Waals surface area contributed by atoms with Gasteiger partial charge in [0.25, 0.3) is 5.91 Å². The lowest BCUT2D eigenvalue weighted by Gasteiger charge is -2.14. The van der Waals surface area contributed by atoms with Crippen LogP contribution in [0.2, 0.25) is 0 Å². The highest BCUT2D eigenvalue weighted by Crippen LogP contribution is 2.32. The zero-order chi connectivity index (χ0) is 18.0. The van der Waals surface area contributed by atoms with Crippen molar-refractivity contribution in [3.63, 3.8) is 0 Å². The van der Waals surface area contributed by atoms with E-state index in [9.17, 15) is 18.0 Å². The number of ether oxygens (including phenoxy) is 1. The molecule has 0 bridgehead atoms. The molecule has 0 aliphatic carbocycles. The summed E-state index contributed by atoms with van der Waals surface area (Å²) in [5.74, 6) is 0.190. The third-order valence-corrected chi connectivity index (χ3v) is 5.05. The van der Waals surface area contributed by atoms with Gasteiger partial charge < -0.3 is 9.64 Å². The number of halogens is 3. The maximum Gasteiger partial charge on any atom is 0.416 e. The molecule has 1 aliphatic heterocycles. The van der Waals surface area contributed by atoms with Gasteiger partial charge in [-0.3, -0.25) is 4.79 Å². The molecule has 0 radical (unpaired) electrons. The molecule has 0 saturated carbocycles. The summed E-state index contributed by atoms with van der Waals surface area (Å²) < 4.78 is 43.0. The monoisotopic (exact) mass is 370 g/mol. The first-order chi connectivity index (χ1) is 11.9. The fourth-order valence-electron chi connectivity index (χ4n) is 2.86. The second kappa shape index (κ2) is 7.13. The smallest absolute Gasteiger partial charge is 0.384 e. The number of alkyl halides is 3. The Morgan fingerprint density at radius 1 is 1.36 bits per heavy atom. The number of likely N-dealkylation sites (tertiary alicyclic amines) is 1. The van der Waals surface area contributed by atoms with Gasteiger partial charge in [-0.2, -0.15) is 13.2 Å². The number of benzene rings is 1. The Bertz CT molecular complexity index is 743. The highest BCUT2D eigenvalue weighted by Gasteiger charge is 2.30. The van der Waals surface area contributed by atoms with E-state index in [0.717, 1.165) is 18.6 Å². The minimum Gasteiger partial charge on any atom is -0.384 e. The van der Waals surface area contributed by atoms with E-state index in [1.54, 1.807) is 17.4 Å². The van der Waals surface area contributed by atoms with Crippen LogP contribution in [0.25, 0.3) is 10.6 Å². The normalized spacial score (nSPS) is 17.9. The van der Waals surface area contributed by atoms with Gasteiger partial charge >= 0.3 is 6.18 Å². The molecule has 0 N–H and O–H groups in total. The van der Waals surface area contributed by atoms with Gasteiger partial charge in [-0.05, 0) is 18.6 Å². The largest absolute Gasteiger partial charge is 0.416 e. The third-order valence-electron chi connectivity index (χ3n) is 4.16. The Morgan fingerprint density at radius 2 is 2.08 bits per heavy atom. The Kier molecular flexibility index (Phi) is 5.10. The molecule has 134 valence electrons. The van der Waals surface area contributed by atoms with Crippen LogP contribution in [-0.4, -0.2) is 42.6 Å². The minimum atomic E-state index is -4.36. The SMILES string of the molecule is COCC1CCN(C(=O)c2csc(-c3ccc(C(F)(F)F)cc3)n2)C1. The van der Waals surface area contributed by atoms with Crippen molar-refractivity contribution in [2.75, 3.05) is 26.8 Å². The van der Waals surface area contributed by atoms with Crippen molar-refractivity contribution in [2.45, 2.75) is 12.6 Å². The maximum absolute atomic E-state index is 12.6. The van der Waals surface area contributed by atoms with Gasteiger partial charge in [0.05, 0.1) is 12.2 Å². The summed E-state index contributed by atoms with van der Waals surface area (Å²) in [5, 5.41) is 2.18. The lowest BCUT2D eigenvalue weighted by atomic mass is 10.1. The quantitative estimate of drug-likeness (QED) is 0.819. The van der Waals surface area contributed by atoms with E-state index in [0.29, 0.717) is 41.9 Å². The average molecular weight is 370 g/mol. The van der Waals surface area contributed by atoms with Gasteiger partial charge in [-0.15, -0.1) is 11.3 Å². The molecule has 0 spiro atoms. The lowest BCUT2D eigenvalue weighted by Crippen LogP contribution is -2.29. The van der Waals surface area contributed by atoms with Gasteiger partial charge in [-0.1, -0.05) is 12.1 Å². The van der Waals surface area contributed by atoms with Crippen molar-refractivity contribution in [1.82, 2.24) is 9.88 Å². The van der Waals surface area contributed by atoms with E-state index >= 15 is 0 Å². The van der Waals surface area contributed by atoms with Crippen molar-refractivity contribution in [2.24, 2.45) is 5.92 Å². The average Bonchev–Trinajstić information content (AvgIpc) is 3.23. The van der Waals surface area contributed by atoms with Crippen molar-refractivity contribution >= 4 is 17.2 Å². The van der Waals surface area contributed by atoms with Crippen LogP contribution in [0.15, 0.2) is 29.6 Å². The molecule has 1 amide bonds. The summed E-state index contributed by atoms with van der Waals surface area (Å²) in [7, 11) is 1.64. The Morgan fingerprint density at radius 3 is 2.72 bits per heavy atom.